The van der Waals surface area contributed by atoms with Crippen LogP contribution >= 0.6 is 0 Å². The molecule has 3 N–H and O–H groups in total. The first kappa shape index (κ1) is 13.9. The minimum absolute atomic E-state index is 0.749. The average Bonchev–Trinajstić information content (AvgIpc) is 2.18. The lowest BCUT2D eigenvalue weighted by atomic mass is 10.1. The van der Waals surface area contributed by atoms with Crippen LogP contribution in [-0.4, -0.2) is 40.3 Å². The van der Waals surface area contributed by atoms with E-state index in [9.17, 15) is 0 Å². The topological polar surface area (TPSA) is 36.1 Å². The summed E-state index contributed by atoms with van der Waals surface area (Å²) < 4.78 is 0. The summed E-state index contributed by atoms with van der Waals surface area (Å²) in [5, 5.41) is 9.95. The predicted octanol–water partition coefficient (Wildman–Crippen LogP) is 0.821. The molecule has 14 heavy (non-hydrogen) atoms. The lowest BCUT2D eigenvalue weighted by molar-refractivity contribution is 0.430. The van der Waals surface area contributed by atoms with Gasteiger partial charge in [0.2, 0.25) is 0 Å². The maximum atomic E-state index is 3.48. The molecule has 3 heteroatoms. The molecule has 0 unspecified atom stereocenters. The van der Waals surface area contributed by atoms with Gasteiger partial charge in [0.1, 0.15) is 0 Å². The summed E-state index contributed by atoms with van der Waals surface area (Å²) in [6, 6.07) is 0. The lowest BCUT2D eigenvalue weighted by Crippen LogP contribution is -2.31. The molecule has 0 aromatic carbocycles. The molecule has 0 aliphatic carbocycles. The summed E-state index contributed by atoms with van der Waals surface area (Å²) in [5.41, 5.74) is 0. The second-order valence-corrected chi connectivity index (χ2v) is 3.87. The van der Waals surface area contributed by atoms with Gasteiger partial charge >= 0.3 is 0 Å². The van der Waals surface area contributed by atoms with Gasteiger partial charge in [-0.15, -0.1) is 0 Å². The van der Waals surface area contributed by atoms with Crippen molar-refractivity contribution in [2.75, 3.05) is 40.3 Å². The lowest BCUT2D eigenvalue weighted by Gasteiger charge is -2.16. The van der Waals surface area contributed by atoms with Crippen molar-refractivity contribution in [1.82, 2.24) is 16.0 Å². The smallest absolute Gasteiger partial charge is 0.00109 e. The Balaban J connectivity index is 3.30. The summed E-state index contributed by atoms with van der Waals surface area (Å²) in [5.74, 6) is 0.749. The van der Waals surface area contributed by atoms with Crippen LogP contribution in [0.3, 0.4) is 0 Å². The monoisotopic (exact) mass is 201 g/mol. The minimum atomic E-state index is 0.749. The van der Waals surface area contributed by atoms with Crippen LogP contribution in [0.15, 0.2) is 0 Å². The number of hydrogen-bond donors (Lipinski definition) is 3. The average molecular weight is 201 g/mol. The van der Waals surface area contributed by atoms with Crippen LogP contribution in [0, 0.1) is 5.92 Å². The van der Waals surface area contributed by atoms with E-state index in [2.05, 4.69) is 22.9 Å². The first-order valence-electron chi connectivity index (χ1n) is 5.85. The quantitative estimate of drug-likeness (QED) is 0.458. The van der Waals surface area contributed by atoms with Crippen LogP contribution in [0.1, 0.15) is 26.2 Å². The number of unbranched alkanes of at least 4 members (excludes halogenated alkanes) is 1. The first-order valence-corrected chi connectivity index (χ1v) is 5.85. The van der Waals surface area contributed by atoms with Crippen LogP contribution in [0.5, 0.6) is 0 Å². The van der Waals surface area contributed by atoms with Crippen molar-refractivity contribution >= 4 is 0 Å². The molecule has 0 saturated heterocycles. The van der Waals surface area contributed by atoms with Gasteiger partial charge in [0.25, 0.3) is 0 Å². The highest BCUT2D eigenvalue weighted by Crippen LogP contribution is 1.98. The van der Waals surface area contributed by atoms with E-state index in [1.165, 1.54) is 25.8 Å². The third-order valence-electron chi connectivity index (χ3n) is 2.42. The van der Waals surface area contributed by atoms with Gasteiger partial charge in [-0.2, -0.15) is 0 Å². The third kappa shape index (κ3) is 8.48. The highest BCUT2D eigenvalue weighted by Gasteiger charge is 2.05. The molecule has 0 amide bonds. The number of hydrogen-bond acceptors (Lipinski definition) is 3. The molecule has 0 aliphatic heterocycles. The Morgan fingerprint density at radius 3 is 2.14 bits per heavy atom. The molecule has 0 fully saturated rings. The normalized spacial score (nSPS) is 11.1. The zero-order valence-corrected chi connectivity index (χ0v) is 10.0. The zero-order valence-electron chi connectivity index (χ0n) is 10.0. The summed E-state index contributed by atoms with van der Waals surface area (Å²) in [4.78, 5) is 0. The molecule has 0 radical (unpaired) electrons. The molecular weight excluding hydrogens is 174 g/mol. The Kier molecular flexibility index (Phi) is 10.9. The molecule has 0 aromatic heterocycles. The van der Waals surface area contributed by atoms with Gasteiger partial charge in [-0.1, -0.05) is 13.3 Å². The molecular formula is C11H27N3. The van der Waals surface area contributed by atoms with Crippen LogP contribution in [0.4, 0.5) is 0 Å². The van der Waals surface area contributed by atoms with Gasteiger partial charge < -0.3 is 16.0 Å². The van der Waals surface area contributed by atoms with Gasteiger partial charge in [-0.3, -0.25) is 0 Å². The van der Waals surface area contributed by atoms with Gasteiger partial charge in [0, 0.05) is 0 Å². The second kappa shape index (κ2) is 11.0. The van der Waals surface area contributed by atoms with Crippen molar-refractivity contribution in [3.05, 3.63) is 0 Å². The minimum Gasteiger partial charge on any atom is -0.319 e. The Morgan fingerprint density at radius 2 is 1.64 bits per heavy atom. The van der Waals surface area contributed by atoms with E-state index < -0.39 is 0 Å². The van der Waals surface area contributed by atoms with Crippen molar-refractivity contribution in [1.29, 1.82) is 0 Å². The molecule has 0 atom stereocenters. The zero-order chi connectivity index (χ0) is 10.6. The molecule has 0 aliphatic rings. The van der Waals surface area contributed by atoms with Gasteiger partial charge in [0.05, 0.1) is 0 Å². The molecule has 0 saturated carbocycles. The van der Waals surface area contributed by atoms with Crippen LogP contribution in [0.2, 0.25) is 0 Å². The third-order valence-corrected chi connectivity index (χ3v) is 2.42. The van der Waals surface area contributed by atoms with Gasteiger partial charge in [-0.05, 0) is 59.0 Å². The Labute approximate surface area is 89.0 Å². The predicted molar refractivity (Wildman–Crippen MR) is 63.7 cm³/mol. The molecule has 0 heterocycles. The highest BCUT2D eigenvalue weighted by molar-refractivity contribution is 4.64. The van der Waals surface area contributed by atoms with Crippen molar-refractivity contribution in [3.63, 3.8) is 0 Å². The summed E-state index contributed by atoms with van der Waals surface area (Å²) in [6.45, 7) is 6.76. The Morgan fingerprint density at radius 1 is 1.00 bits per heavy atom. The fourth-order valence-electron chi connectivity index (χ4n) is 1.59. The molecule has 3 nitrogen and oxygen atoms in total. The highest BCUT2D eigenvalue weighted by atomic mass is 14.9. The van der Waals surface area contributed by atoms with Crippen molar-refractivity contribution < 1.29 is 0 Å². The van der Waals surface area contributed by atoms with E-state index >= 15 is 0 Å². The Bertz CT molecular complexity index is 101. The fourth-order valence-corrected chi connectivity index (χ4v) is 1.59. The maximum Gasteiger partial charge on any atom is -0.00109 e. The standard InChI is InChI=1S/C11H27N3/c1-4-5-7-14-8-6-11(9-12-2)10-13-3/h11-14H,4-10H2,1-3H3. The summed E-state index contributed by atoms with van der Waals surface area (Å²) in [7, 11) is 4.04. The summed E-state index contributed by atoms with van der Waals surface area (Å²) >= 11 is 0. The largest absolute Gasteiger partial charge is 0.319 e. The van der Waals surface area contributed by atoms with E-state index in [0.29, 0.717) is 0 Å². The molecule has 0 rings (SSSR count). The molecule has 0 spiro atoms. The van der Waals surface area contributed by atoms with Gasteiger partial charge in [-0.25, -0.2) is 0 Å². The van der Waals surface area contributed by atoms with Crippen LogP contribution < -0.4 is 16.0 Å². The maximum absolute atomic E-state index is 3.48. The SMILES string of the molecule is CCCCNCCC(CNC)CNC. The van der Waals surface area contributed by atoms with E-state index in [-0.39, 0.29) is 0 Å². The van der Waals surface area contributed by atoms with Crippen LogP contribution in [0.25, 0.3) is 0 Å². The first-order chi connectivity index (χ1) is 6.85. The molecule has 0 bridgehead atoms. The van der Waals surface area contributed by atoms with E-state index in [0.717, 1.165) is 25.6 Å². The van der Waals surface area contributed by atoms with E-state index in [1.807, 2.05) is 14.1 Å². The van der Waals surface area contributed by atoms with Crippen molar-refractivity contribution in [2.24, 2.45) is 5.92 Å². The summed E-state index contributed by atoms with van der Waals surface area (Å²) in [6.07, 6.45) is 3.83. The van der Waals surface area contributed by atoms with Gasteiger partial charge in [0.15, 0.2) is 0 Å². The Hall–Kier alpha value is -0.120. The van der Waals surface area contributed by atoms with Crippen molar-refractivity contribution in [2.45, 2.75) is 26.2 Å². The van der Waals surface area contributed by atoms with Crippen molar-refractivity contribution in [3.8, 4) is 0 Å². The second-order valence-electron chi connectivity index (χ2n) is 3.87. The fraction of sp³-hybridized carbons (Fsp3) is 1.00. The van der Waals surface area contributed by atoms with E-state index in [4.69, 9.17) is 0 Å². The molecule has 0 aromatic rings. The number of rotatable bonds is 10. The molecule has 86 valence electrons. The number of nitrogens with one attached hydrogen (secondary N) is 3. The van der Waals surface area contributed by atoms with E-state index in [1.54, 1.807) is 0 Å². The van der Waals surface area contributed by atoms with Crippen LogP contribution in [-0.2, 0) is 0 Å².